The van der Waals surface area contributed by atoms with Crippen LogP contribution in [-0.2, 0) is 20.1 Å². The van der Waals surface area contributed by atoms with E-state index in [1.807, 2.05) is 0 Å². The summed E-state index contributed by atoms with van der Waals surface area (Å²) in [7, 11) is -3.31. The molecule has 0 spiro atoms. The summed E-state index contributed by atoms with van der Waals surface area (Å²) >= 11 is 0. The Bertz CT molecular complexity index is 2710. The third-order valence-corrected chi connectivity index (χ3v) is 11.8. The van der Waals surface area contributed by atoms with Gasteiger partial charge in [0.15, 0.2) is 5.92 Å². The molecular formula is C50H45BF16N2O2. The van der Waals surface area contributed by atoms with Crippen molar-refractivity contribution >= 4 is 24.2 Å². The van der Waals surface area contributed by atoms with Gasteiger partial charge in [0.25, 0.3) is 0 Å². The Labute approximate surface area is 398 Å². The fourth-order valence-electron chi connectivity index (χ4n) is 7.71. The molecule has 0 bridgehead atoms. The number of hydrogen-bond acceptors (Lipinski definition) is 3. The van der Waals surface area contributed by atoms with Gasteiger partial charge in [-0.25, -0.2) is 4.99 Å². The maximum Gasteiger partial charge on any atom is 0.598 e. The summed E-state index contributed by atoms with van der Waals surface area (Å²) in [4.78, 5) is 4.62. The molecule has 382 valence electrons. The Hall–Kier alpha value is -5.57. The molecular weight excluding hydrogens is 975 g/mol. The van der Waals surface area contributed by atoms with Crippen LogP contribution in [0.4, 0.5) is 70.2 Å². The van der Waals surface area contributed by atoms with Crippen LogP contribution >= 0.6 is 0 Å². The van der Waals surface area contributed by atoms with E-state index in [1.54, 1.807) is 72.7 Å². The first-order valence-electron chi connectivity index (χ1n) is 21.6. The van der Waals surface area contributed by atoms with Crippen molar-refractivity contribution in [3.05, 3.63) is 142 Å². The Morgan fingerprint density at radius 2 is 0.958 bits per heavy atom. The number of rotatable bonds is 13. The molecule has 0 saturated carbocycles. The van der Waals surface area contributed by atoms with E-state index >= 15 is 26.3 Å². The Balaban J connectivity index is 1.87. The zero-order valence-electron chi connectivity index (χ0n) is 38.8. The third-order valence-electron chi connectivity index (χ3n) is 11.8. The van der Waals surface area contributed by atoms with Gasteiger partial charge in [0.1, 0.15) is 13.2 Å². The van der Waals surface area contributed by atoms with Crippen molar-refractivity contribution in [2.45, 2.75) is 102 Å². The van der Waals surface area contributed by atoms with Crippen molar-refractivity contribution in [3.63, 3.8) is 0 Å². The zero-order valence-corrected chi connectivity index (χ0v) is 38.8. The van der Waals surface area contributed by atoms with E-state index in [2.05, 4.69) is 4.99 Å². The lowest BCUT2D eigenvalue weighted by atomic mass is 9.85. The molecule has 1 aliphatic heterocycles. The average molecular weight is 1020 g/mol. The number of fused-ring (bicyclic) bond motifs is 1. The minimum absolute atomic E-state index is 0.00506. The van der Waals surface area contributed by atoms with Crippen LogP contribution in [0.5, 0.6) is 0 Å². The summed E-state index contributed by atoms with van der Waals surface area (Å²) in [5.41, 5.74) is -2.78. The van der Waals surface area contributed by atoms with E-state index < -0.39 is 108 Å². The minimum Gasteiger partial charge on any atom is -0.385 e. The molecule has 2 heterocycles. The SMILES string of the molecule is Cc1ccc(C2=N/C(=C(/CC(C(F)(F)F)C(F)(F)F)c3c(-c4ccc(C(C)(C)C)cc4)cc(-c4ccc(C(C)(C)C)cc4)n3B(OCC(F)(F)C(F)(F)F)OCC(F)(F)C(F)(F)F)c3ccccc32)cc1. The number of aromatic nitrogens is 1. The van der Waals surface area contributed by atoms with Crippen LogP contribution in [0.1, 0.15) is 87.0 Å². The summed E-state index contributed by atoms with van der Waals surface area (Å²) in [5, 5.41) is 0. The molecule has 6 rings (SSSR count). The molecule has 5 aromatic rings. The highest BCUT2D eigenvalue weighted by Gasteiger charge is 2.61. The number of allylic oxidation sites excluding steroid dienone is 1. The first-order valence-corrected chi connectivity index (χ1v) is 21.6. The second kappa shape index (κ2) is 19.1. The lowest BCUT2D eigenvalue weighted by Gasteiger charge is -2.29. The number of benzene rings is 4. The quantitative estimate of drug-likeness (QED) is 0.0870. The van der Waals surface area contributed by atoms with Gasteiger partial charge in [-0.2, -0.15) is 70.2 Å². The molecule has 0 saturated heterocycles. The van der Waals surface area contributed by atoms with Gasteiger partial charge in [-0.05, 0) is 52.5 Å². The number of alkyl halides is 16. The summed E-state index contributed by atoms with van der Waals surface area (Å²) in [6.07, 6.45) is -27.3. The van der Waals surface area contributed by atoms with E-state index in [-0.39, 0.29) is 28.0 Å². The van der Waals surface area contributed by atoms with Gasteiger partial charge >= 0.3 is 43.8 Å². The summed E-state index contributed by atoms with van der Waals surface area (Å²) < 4.78 is 242. The fourth-order valence-corrected chi connectivity index (χ4v) is 7.71. The molecule has 1 aliphatic rings. The van der Waals surface area contributed by atoms with E-state index in [9.17, 15) is 43.9 Å². The molecule has 0 unspecified atom stereocenters. The molecule has 0 atom stereocenters. The van der Waals surface area contributed by atoms with E-state index in [0.717, 1.165) is 11.6 Å². The van der Waals surface area contributed by atoms with Crippen LogP contribution in [-0.4, -0.2) is 67.2 Å². The van der Waals surface area contributed by atoms with Crippen molar-refractivity contribution < 1.29 is 79.6 Å². The van der Waals surface area contributed by atoms with Gasteiger partial charge in [0, 0.05) is 39.2 Å². The highest BCUT2D eigenvalue weighted by molar-refractivity contribution is 6.44. The van der Waals surface area contributed by atoms with Gasteiger partial charge in [-0.1, -0.05) is 144 Å². The van der Waals surface area contributed by atoms with E-state index in [1.165, 1.54) is 72.8 Å². The van der Waals surface area contributed by atoms with Gasteiger partial charge in [-0.15, -0.1) is 0 Å². The predicted octanol–water partition coefficient (Wildman–Crippen LogP) is 15.8. The second-order valence-electron chi connectivity index (χ2n) is 19.2. The minimum atomic E-state index is -6.45. The number of nitrogens with zero attached hydrogens (tertiary/aromatic N) is 2. The number of hydrogen-bond donors (Lipinski definition) is 0. The summed E-state index contributed by atoms with van der Waals surface area (Å²) in [5.74, 6) is -16.1. The highest BCUT2D eigenvalue weighted by atomic mass is 19.4. The van der Waals surface area contributed by atoms with E-state index in [4.69, 9.17) is 9.31 Å². The molecule has 4 nitrogen and oxygen atoms in total. The van der Waals surface area contributed by atoms with Crippen molar-refractivity contribution in [3.8, 4) is 22.4 Å². The van der Waals surface area contributed by atoms with Gasteiger partial charge in [0.2, 0.25) is 0 Å². The molecule has 71 heavy (non-hydrogen) atoms. The predicted molar refractivity (Wildman–Crippen MR) is 238 cm³/mol. The Kier molecular flexibility index (Phi) is 14.8. The van der Waals surface area contributed by atoms with Gasteiger partial charge < -0.3 is 13.8 Å². The molecule has 0 fully saturated rings. The van der Waals surface area contributed by atoms with Crippen LogP contribution in [0.15, 0.2) is 108 Å². The van der Waals surface area contributed by atoms with Crippen molar-refractivity contribution in [2.75, 3.05) is 13.2 Å². The van der Waals surface area contributed by atoms with Crippen LogP contribution in [0.3, 0.4) is 0 Å². The van der Waals surface area contributed by atoms with Crippen LogP contribution in [0.2, 0.25) is 0 Å². The van der Waals surface area contributed by atoms with Gasteiger partial charge in [-0.3, -0.25) is 0 Å². The monoisotopic (exact) mass is 1020 g/mol. The summed E-state index contributed by atoms with van der Waals surface area (Å²) in [6, 6.07) is 24.3. The molecule has 0 radical (unpaired) electrons. The van der Waals surface area contributed by atoms with Gasteiger partial charge in [0.05, 0.1) is 11.4 Å². The topological polar surface area (TPSA) is 35.8 Å². The van der Waals surface area contributed by atoms with Crippen LogP contribution < -0.4 is 0 Å². The average Bonchev–Trinajstić information content (AvgIpc) is 3.82. The molecule has 1 aromatic heterocycles. The molecule has 0 aliphatic carbocycles. The third kappa shape index (κ3) is 11.9. The van der Waals surface area contributed by atoms with E-state index in [0.29, 0.717) is 21.2 Å². The standard InChI is InChI=1S/C50H45BF16N2O2/c1-28-12-14-31(15-13-28)40-34-10-8-9-11-35(34)41(68-40)37(25-39(47(56,57)58)48(59,60)61)42-36(29-16-20-32(21-17-29)43(2,3)4)24-38(30-18-22-33(23-19-30)44(5,6)7)69(42)51(70-26-45(52,53)49(62,63)64)71-27-46(54,55)50(65,66)67/h8-24,39H,25-27H2,1-7H3/b41-37-. The van der Waals surface area contributed by atoms with Crippen LogP contribution in [0.25, 0.3) is 33.7 Å². The second-order valence-corrected chi connectivity index (χ2v) is 19.2. The molecule has 4 aromatic carbocycles. The number of aryl methyl sites for hydroxylation is 1. The lowest BCUT2D eigenvalue weighted by Crippen LogP contribution is -2.48. The molecule has 0 N–H and O–H groups in total. The van der Waals surface area contributed by atoms with Crippen LogP contribution in [0, 0.1) is 12.8 Å². The summed E-state index contributed by atoms with van der Waals surface area (Å²) in [6.45, 7) is 6.75. The zero-order chi connectivity index (χ0) is 53.1. The molecule has 21 heteroatoms. The maximum atomic E-state index is 15.0. The fraction of sp³-hybridized carbons (Fsp3) is 0.380. The lowest BCUT2D eigenvalue weighted by molar-refractivity contribution is -0.295. The Morgan fingerprint density at radius 1 is 0.535 bits per heavy atom. The Morgan fingerprint density at radius 3 is 1.38 bits per heavy atom. The number of halogens is 16. The first-order chi connectivity index (χ1) is 32.4. The van der Waals surface area contributed by atoms with Crippen molar-refractivity contribution in [1.29, 1.82) is 0 Å². The first kappa shape index (κ1) is 54.8. The smallest absolute Gasteiger partial charge is 0.385 e. The molecule has 0 amide bonds. The maximum absolute atomic E-state index is 15.0. The number of aliphatic imine (C=N–C) groups is 1. The van der Waals surface area contributed by atoms with Crippen molar-refractivity contribution in [1.82, 2.24) is 4.48 Å². The highest BCUT2D eigenvalue weighted by Crippen LogP contribution is 2.51. The van der Waals surface area contributed by atoms with Crippen molar-refractivity contribution in [2.24, 2.45) is 10.9 Å². The normalized spacial score (nSPS) is 15.1. The largest absolute Gasteiger partial charge is 0.598 e.